The molecule has 0 bridgehead atoms. The number of amides is 2. The van der Waals surface area contributed by atoms with Crippen LogP contribution < -0.4 is 10.2 Å². The zero-order chi connectivity index (χ0) is 35.0. The van der Waals surface area contributed by atoms with Gasteiger partial charge in [0.15, 0.2) is 0 Å². The number of anilines is 1. The third-order valence-electron chi connectivity index (χ3n) is 8.30. The summed E-state index contributed by atoms with van der Waals surface area (Å²) in [5.74, 6) is 0.423. The van der Waals surface area contributed by atoms with Gasteiger partial charge >= 0.3 is 0 Å². The molecule has 2 heterocycles. The molecule has 11 nitrogen and oxygen atoms in total. The number of fused-ring (bicyclic) bond motifs is 5. The number of nitrogens with one attached hydrogen (secondary N) is 1. The Labute approximate surface area is 290 Å². The highest BCUT2D eigenvalue weighted by Gasteiger charge is 2.29. The van der Waals surface area contributed by atoms with Crippen LogP contribution in [0.15, 0.2) is 48.5 Å². The van der Waals surface area contributed by atoms with Crippen molar-refractivity contribution in [3.63, 3.8) is 0 Å². The Bertz CT molecular complexity index is 1500. The van der Waals surface area contributed by atoms with Gasteiger partial charge in [0.2, 0.25) is 11.8 Å². The fourth-order valence-corrected chi connectivity index (χ4v) is 5.66. The molecule has 1 N–H and O–H groups in total. The van der Waals surface area contributed by atoms with Gasteiger partial charge in [0.1, 0.15) is 11.5 Å². The summed E-state index contributed by atoms with van der Waals surface area (Å²) in [6.07, 6.45) is 3.66. The molecule has 0 radical (unpaired) electrons. The van der Waals surface area contributed by atoms with E-state index in [2.05, 4.69) is 29.5 Å². The molecule has 1 aliphatic rings. The number of nitrogens with zero attached hydrogens (tertiary/aromatic N) is 4. The summed E-state index contributed by atoms with van der Waals surface area (Å²) in [6.45, 7) is 12.2. The highest BCUT2D eigenvalue weighted by molar-refractivity contribution is 6.01. The Morgan fingerprint density at radius 1 is 0.816 bits per heavy atom. The van der Waals surface area contributed by atoms with E-state index >= 15 is 0 Å². The first kappa shape index (κ1) is 37.9. The summed E-state index contributed by atoms with van der Waals surface area (Å²) in [5, 5.41) is 12.1. The Kier molecular flexibility index (Phi) is 15.4. The van der Waals surface area contributed by atoms with E-state index in [1.165, 1.54) is 0 Å². The van der Waals surface area contributed by atoms with Gasteiger partial charge in [-0.05, 0) is 50.7 Å². The number of hydrogen-bond acceptors (Lipinski definition) is 8. The molecule has 1 aromatic heterocycles. The number of ether oxygens (including phenoxy) is 3. The van der Waals surface area contributed by atoms with Crippen LogP contribution in [0, 0.1) is 5.92 Å². The zero-order valence-corrected chi connectivity index (χ0v) is 29.6. The predicted octanol–water partition coefficient (Wildman–Crippen LogP) is 5.99. The number of Topliss-reactive ketones (excluding diaryl/α,β-unsaturated/α-hetero) is 1. The molecule has 0 spiro atoms. The van der Waals surface area contributed by atoms with E-state index in [4.69, 9.17) is 14.2 Å². The van der Waals surface area contributed by atoms with Crippen molar-refractivity contribution in [2.45, 2.75) is 91.8 Å². The molecule has 4 rings (SSSR count). The maximum atomic E-state index is 13.8. The molecule has 3 aromatic rings. The second kappa shape index (κ2) is 19.9. The molecule has 2 amide bonds. The normalized spacial score (nSPS) is 12.3. The van der Waals surface area contributed by atoms with E-state index in [1.807, 2.05) is 67.1 Å². The smallest absolute Gasteiger partial charge is 0.227 e. The molecule has 49 heavy (non-hydrogen) atoms. The molecule has 266 valence electrons. The van der Waals surface area contributed by atoms with E-state index in [1.54, 1.807) is 4.90 Å². The summed E-state index contributed by atoms with van der Waals surface area (Å²) in [6, 6.07) is 15.8. The first-order chi connectivity index (χ1) is 23.7. The number of carbonyl (C=O) groups excluding carboxylic acids is 3. The maximum absolute atomic E-state index is 13.8. The lowest BCUT2D eigenvalue weighted by molar-refractivity contribution is -0.125. The average Bonchev–Trinajstić information content (AvgIpc) is 3.50. The molecule has 0 saturated carbocycles. The number of aromatic nitrogens is 3. The number of para-hydroxylation sites is 1. The minimum absolute atomic E-state index is 0.0685. The number of aryl methyl sites for hydroxylation is 1. The fraction of sp³-hybridized carbons (Fsp3) is 0.553. The van der Waals surface area contributed by atoms with Crippen molar-refractivity contribution in [1.29, 1.82) is 0 Å². The minimum Gasteiger partial charge on any atom is -0.381 e. The zero-order valence-electron chi connectivity index (χ0n) is 29.6. The molecule has 0 unspecified atom stereocenters. The molecule has 0 atom stereocenters. The molecule has 2 aromatic carbocycles. The van der Waals surface area contributed by atoms with Gasteiger partial charge in [-0.1, -0.05) is 61.5 Å². The highest BCUT2D eigenvalue weighted by Crippen LogP contribution is 2.41. The molecule has 11 heteroatoms. The largest absolute Gasteiger partial charge is 0.381 e. The Morgan fingerprint density at radius 3 is 2.35 bits per heavy atom. The minimum atomic E-state index is -0.181. The topological polar surface area (TPSA) is 125 Å². The van der Waals surface area contributed by atoms with Crippen LogP contribution in [0.1, 0.15) is 78.2 Å². The van der Waals surface area contributed by atoms with E-state index in [0.29, 0.717) is 83.5 Å². The molecule has 0 aliphatic carbocycles. The third-order valence-corrected chi connectivity index (χ3v) is 8.30. The second-order valence-corrected chi connectivity index (χ2v) is 13.1. The molecular formula is C38H53N5O6. The van der Waals surface area contributed by atoms with Crippen LogP contribution in [-0.4, -0.2) is 78.3 Å². The average molecular weight is 676 g/mol. The van der Waals surface area contributed by atoms with Crippen molar-refractivity contribution >= 4 is 23.3 Å². The van der Waals surface area contributed by atoms with E-state index in [0.717, 1.165) is 40.9 Å². The van der Waals surface area contributed by atoms with Crippen LogP contribution in [-0.2, 0) is 41.7 Å². The standard InChI is InChI=1S/C38H53N5O6/c1-28(2)15-16-31(44)19-24-47-22-9-20-39-35(45)17-18-36(46)42-27-30-11-5-6-12-32(30)38-37(33-13-7-8-14-34(33)42)40-41-43(38)21-10-23-48-25-26-49-29(3)4/h5-8,11-14,28-29H,9-10,15-27H2,1-4H3,(H,39,45). The number of ketones is 1. The van der Waals surface area contributed by atoms with E-state index in [-0.39, 0.29) is 36.5 Å². The van der Waals surface area contributed by atoms with Gasteiger partial charge in [-0.15, -0.1) is 5.10 Å². The van der Waals surface area contributed by atoms with Crippen molar-refractivity contribution < 1.29 is 28.6 Å². The number of hydrogen-bond donors (Lipinski definition) is 1. The lowest BCUT2D eigenvalue weighted by Crippen LogP contribution is -2.33. The summed E-state index contributed by atoms with van der Waals surface area (Å²) >= 11 is 0. The summed E-state index contributed by atoms with van der Waals surface area (Å²) in [5.41, 5.74) is 5.14. The maximum Gasteiger partial charge on any atom is 0.227 e. The van der Waals surface area contributed by atoms with Crippen molar-refractivity contribution in [3.8, 4) is 22.5 Å². The monoisotopic (exact) mass is 675 g/mol. The van der Waals surface area contributed by atoms with Gasteiger partial charge < -0.3 is 24.4 Å². The molecule has 0 fully saturated rings. The van der Waals surface area contributed by atoms with Gasteiger partial charge in [-0.3, -0.25) is 14.4 Å². The molecule has 0 saturated heterocycles. The van der Waals surface area contributed by atoms with Crippen molar-refractivity contribution in [1.82, 2.24) is 20.3 Å². The van der Waals surface area contributed by atoms with Crippen molar-refractivity contribution in [2.75, 3.05) is 44.5 Å². The number of benzene rings is 2. The SMILES string of the molecule is CC(C)CCC(=O)CCOCCCNC(=O)CCC(=O)N1Cc2ccccc2-c2c(nnn2CCCOCCOC(C)C)-c2ccccc21. The Balaban J connectivity index is 1.33. The first-order valence-corrected chi connectivity index (χ1v) is 17.7. The first-order valence-electron chi connectivity index (χ1n) is 17.7. The van der Waals surface area contributed by atoms with Gasteiger partial charge in [0, 0.05) is 63.1 Å². The third kappa shape index (κ3) is 11.9. The summed E-state index contributed by atoms with van der Waals surface area (Å²) in [4.78, 5) is 40.1. The summed E-state index contributed by atoms with van der Waals surface area (Å²) < 4.78 is 18.8. The summed E-state index contributed by atoms with van der Waals surface area (Å²) in [7, 11) is 0. The van der Waals surface area contributed by atoms with E-state index < -0.39 is 0 Å². The Morgan fingerprint density at radius 2 is 1.55 bits per heavy atom. The van der Waals surface area contributed by atoms with Gasteiger partial charge in [0.05, 0.1) is 43.9 Å². The van der Waals surface area contributed by atoms with Crippen LogP contribution >= 0.6 is 0 Å². The lowest BCUT2D eigenvalue weighted by Gasteiger charge is -2.28. The lowest BCUT2D eigenvalue weighted by atomic mass is 9.95. The van der Waals surface area contributed by atoms with Crippen LogP contribution in [0.3, 0.4) is 0 Å². The van der Waals surface area contributed by atoms with Gasteiger partial charge in [-0.2, -0.15) is 0 Å². The van der Waals surface area contributed by atoms with E-state index in [9.17, 15) is 14.4 Å². The molecule has 1 aliphatic heterocycles. The quantitative estimate of drug-likeness (QED) is 0.137. The number of rotatable bonds is 21. The van der Waals surface area contributed by atoms with Crippen LogP contribution in [0.2, 0.25) is 0 Å². The predicted molar refractivity (Wildman–Crippen MR) is 190 cm³/mol. The van der Waals surface area contributed by atoms with Crippen LogP contribution in [0.25, 0.3) is 22.5 Å². The fourth-order valence-electron chi connectivity index (χ4n) is 5.66. The molecular weight excluding hydrogens is 622 g/mol. The van der Waals surface area contributed by atoms with Crippen LogP contribution in [0.4, 0.5) is 5.69 Å². The highest BCUT2D eigenvalue weighted by atomic mass is 16.5. The second-order valence-electron chi connectivity index (χ2n) is 13.1. The van der Waals surface area contributed by atoms with Crippen molar-refractivity contribution in [2.24, 2.45) is 5.92 Å². The number of carbonyl (C=O) groups is 3. The van der Waals surface area contributed by atoms with Gasteiger partial charge in [-0.25, -0.2) is 4.68 Å². The van der Waals surface area contributed by atoms with Crippen LogP contribution in [0.5, 0.6) is 0 Å². The Hall–Kier alpha value is -3.93. The van der Waals surface area contributed by atoms with Crippen molar-refractivity contribution in [3.05, 3.63) is 54.1 Å². The van der Waals surface area contributed by atoms with Gasteiger partial charge in [0.25, 0.3) is 0 Å².